The Balaban J connectivity index is 3.17. The minimum atomic E-state index is -1.75. The van der Waals surface area contributed by atoms with Gasteiger partial charge in [0.05, 0.1) is 36.8 Å². The third kappa shape index (κ3) is 7.24. The summed E-state index contributed by atoms with van der Waals surface area (Å²) in [5, 5.41) is 14.3. The molecule has 2 amide bonds. The van der Waals surface area contributed by atoms with E-state index in [1.54, 1.807) is 13.0 Å². The minimum Gasteiger partial charge on any atom is -0.480 e. The van der Waals surface area contributed by atoms with Gasteiger partial charge in [-0.25, -0.2) is 4.79 Å². The van der Waals surface area contributed by atoms with Crippen LogP contribution in [-0.4, -0.2) is 54.1 Å². The fourth-order valence-corrected chi connectivity index (χ4v) is 2.52. The Labute approximate surface area is 167 Å². The Morgan fingerprint density at radius 2 is 1.66 bits per heavy atom. The number of nitrogens with one attached hydrogen (secondary N) is 2. The van der Waals surface area contributed by atoms with E-state index >= 15 is 0 Å². The van der Waals surface area contributed by atoms with Crippen LogP contribution in [-0.2, 0) is 28.7 Å². The zero-order valence-electron chi connectivity index (χ0n) is 16.4. The molecule has 1 aromatic rings. The highest BCUT2D eigenvalue weighted by Gasteiger charge is 2.38. The van der Waals surface area contributed by atoms with E-state index in [4.69, 9.17) is 9.47 Å². The maximum atomic E-state index is 12.7. The van der Waals surface area contributed by atoms with Crippen molar-refractivity contribution in [3.63, 3.8) is 0 Å². The molecule has 3 N–H and O–H groups in total. The lowest BCUT2D eigenvalue weighted by molar-refractivity contribution is -0.159. The molecule has 158 valence electrons. The number of hydrogen-bond acceptors (Lipinski definition) is 7. The Bertz CT molecular complexity index is 777. The van der Waals surface area contributed by atoms with Gasteiger partial charge < -0.3 is 25.2 Å². The molecule has 2 atom stereocenters. The number of aliphatic carboxylic acids is 1. The highest BCUT2D eigenvalue weighted by atomic mass is 16.5. The van der Waals surface area contributed by atoms with Crippen LogP contribution in [0.3, 0.4) is 0 Å². The summed E-state index contributed by atoms with van der Waals surface area (Å²) < 4.78 is 9.64. The zero-order valence-corrected chi connectivity index (χ0v) is 16.4. The van der Waals surface area contributed by atoms with Crippen molar-refractivity contribution in [2.75, 3.05) is 18.5 Å². The highest BCUT2D eigenvalue weighted by molar-refractivity contribution is 6.05. The smallest absolute Gasteiger partial charge is 0.327 e. The van der Waals surface area contributed by atoms with Crippen LogP contribution in [0.25, 0.3) is 0 Å². The molecule has 0 spiro atoms. The van der Waals surface area contributed by atoms with E-state index < -0.39 is 48.1 Å². The summed E-state index contributed by atoms with van der Waals surface area (Å²) >= 11 is 0. The van der Waals surface area contributed by atoms with Crippen LogP contribution in [0.5, 0.6) is 0 Å². The van der Waals surface area contributed by atoms with Crippen LogP contribution >= 0.6 is 0 Å². The first kappa shape index (κ1) is 23.6. The van der Waals surface area contributed by atoms with Gasteiger partial charge in [-0.1, -0.05) is 12.1 Å². The Morgan fingerprint density at radius 1 is 1.03 bits per heavy atom. The van der Waals surface area contributed by atoms with Crippen molar-refractivity contribution in [1.82, 2.24) is 5.32 Å². The maximum absolute atomic E-state index is 12.7. The van der Waals surface area contributed by atoms with Crippen molar-refractivity contribution in [3.05, 3.63) is 29.8 Å². The molecule has 10 nitrogen and oxygen atoms in total. The average molecular weight is 408 g/mol. The van der Waals surface area contributed by atoms with E-state index in [1.165, 1.54) is 32.0 Å². The van der Waals surface area contributed by atoms with Crippen molar-refractivity contribution in [2.45, 2.75) is 33.2 Å². The van der Waals surface area contributed by atoms with E-state index in [1.807, 2.05) is 0 Å². The number of amides is 2. The van der Waals surface area contributed by atoms with Crippen molar-refractivity contribution in [3.8, 4) is 0 Å². The zero-order chi connectivity index (χ0) is 22.0. The minimum absolute atomic E-state index is 0.00677. The van der Waals surface area contributed by atoms with Crippen LogP contribution in [0.2, 0.25) is 0 Å². The molecule has 0 unspecified atom stereocenters. The van der Waals surface area contributed by atoms with E-state index in [0.717, 1.165) is 0 Å². The van der Waals surface area contributed by atoms with Gasteiger partial charge in [0.1, 0.15) is 6.04 Å². The lowest BCUT2D eigenvalue weighted by atomic mass is 9.95. The largest absolute Gasteiger partial charge is 0.480 e. The Kier molecular flexibility index (Phi) is 9.30. The van der Waals surface area contributed by atoms with Crippen molar-refractivity contribution >= 4 is 35.4 Å². The molecule has 0 heterocycles. The number of benzene rings is 1. The Morgan fingerprint density at radius 3 is 2.21 bits per heavy atom. The van der Waals surface area contributed by atoms with Gasteiger partial charge in [0.25, 0.3) is 5.91 Å². The molecule has 0 aliphatic heterocycles. The lowest BCUT2D eigenvalue weighted by Gasteiger charge is -2.23. The molecule has 0 saturated heterocycles. The average Bonchev–Trinajstić information content (AvgIpc) is 2.64. The summed E-state index contributed by atoms with van der Waals surface area (Å²) in [5.74, 6) is -6.05. The number of carbonyl (C=O) groups excluding carboxylic acids is 4. The third-order valence-electron chi connectivity index (χ3n) is 3.72. The van der Waals surface area contributed by atoms with E-state index in [-0.39, 0.29) is 24.5 Å². The molecule has 1 aromatic carbocycles. The number of rotatable bonds is 10. The van der Waals surface area contributed by atoms with Gasteiger partial charge in [0.2, 0.25) is 5.91 Å². The first-order valence-corrected chi connectivity index (χ1v) is 8.93. The Hall–Kier alpha value is -3.43. The summed E-state index contributed by atoms with van der Waals surface area (Å²) in [5.41, 5.74) is 0.160. The van der Waals surface area contributed by atoms with Crippen molar-refractivity contribution in [2.24, 2.45) is 5.92 Å². The monoisotopic (exact) mass is 408 g/mol. The van der Waals surface area contributed by atoms with Gasteiger partial charge in [-0.3, -0.25) is 19.2 Å². The van der Waals surface area contributed by atoms with Crippen LogP contribution in [0.4, 0.5) is 5.69 Å². The molecular formula is C19H24N2O8. The van der Waals surface area contributed by atoms with Gasteiger partial charge in [0.15, 0.2) is 0 Å². The summed E-state index contributed by atoms with van der Waals surface area (Å²) in [7, 11) is 0. The number of carbonyl (C=O) groups is 5. The lowest BCUT2D eigenvalue weighted by Crippen LogP contribution is -2.49. The number of carboxylic acids is 1. The first-order valence-electron chi connectivity index (χ1n) is 8.93. The summed E-state index contributed by atoms with van der Waals surface area (Å²) in [4.78, 5) is 59.9. The van der Waals surface area contributed by atoms with Gasteiger partial charge >= 0.3 is 17.9 Å². The van der Waals surface area contributed by atoms with Crippen LogP contribution in [0.1, 0.15) is 37.6 Å². The highest BCUT2D eigenvalue weighted by Crippen LogP contribution is 2.18. The number of para-hydroxylation sites is 1. The second-order valence-corrected chi connectivity index (χ2v) is 5.88. The SMILES string of the molecule is CCOC(=O)C[C@H](C(=O)OCC)[C@@H](NC(=O)c1ccccc1NC(C)=O)C(=O)O. The normalized spacial score (nSPS) is 12.2. The second-order valence-electron chi connectivity index (χ2n) is 5.88. The number of hydrogen-bond donors (Lipinski definition) is 3. The second kappa shape index (κ2) is 11.4. The molecule has 0 aliphatic rings. The van der Waals surface area contributed by atoms with E-state index in [0.29, 0.717) is 0 Å². The van der Waals surface area contributed by atoms with Gasteiger partial charge in [-0.2, -0.15) is 0 Å². The fraction of sp³-hybridized carbons (Fsp3) is 0.421. The first-order chi connectivity index (χ1) is 13.7. The molecule has 1 rings (SSSR count). The number of ether oxygens (including phenoxy) is 2. The van der Waals surface area contributed by atoms with Gasteiger partial charge in [-0.05, 0) is 26.0 Å². The van der Waals surface area contributed by atoms with Crippen molar-refractivity contribution in [1.29, 1.82) is 0 Å². The van der Waals surface area contributed by atoms with E-state index in [9.17, 15) is 29.1 Å². The quantitative estimate of drug-likeness (QED) is 0.485. The molecule has 0 aliphatic carbocycles. The number of esters is 2. The molecule has 0 saturated carbocycles. The molecule has 0 aromatic heterocycles. The maximum Gasteiger partial charge on any atom is 0.327 e. The van der Waals surface area contributed by atoms with Crippen LogP contribution in [0, 0.1) is 5.92 Å². The van der Waals surface area contributed by atoms with E-state index in [2.05, 4.69) is 10.6 Å². The van der Waals surface area contributed by atoms with Crippen molar-refractivity contribution < 1.29 is 38.6 Å². The summed E-state index contributed by atoms with van der Waals surface area (Å²) in [6, 6.07) is 4.20. The predicted molar refractivity (Wildman–Crippen MR) is 101 cm³/mol. The van der Waals surface area contributed by atoms with Crippen LogP contribution < -0.4 is 10.6 Å². The van der Waals surface area contributed by atoms with Gasteiger partial charge in [0, 0.05) is 6.92 Å². The topological polar surface area (TPSA) is 148 Å². The standard InChI is InChI=1S/C19H24N2O8/c1-4-28-15(23)10-13(19(27)29-5-2)16(18(25)26)21-17(24)12-8-6-7-9-14(12)20-11(3)22/h6-9,13,16H,4-5,10H2,1-3H3,(H,20,22)(H,21,24)(H,25,26)/t13-,16+/m0/s1. The molecule has 29 heavy (non-hydrogen) atoms. The molecule has 10 heteroatoms. The number of anilines is 1. The fourth-order valence-electron chi connectivity index (χ4n) is 2.52. The summed E-state index contributed by atoms with van der Waals surface area (Å²) in [6.07, 6.45) is -0.586. The van der Waals surface area contributed by atoms with Gasteiger partial charge in [-0.15, -0.1) is 0 Å². The third-order valence-corrected chi connectivity index (χ3v) is 3.72. The molecule has 0 bridgehead atoms. The predicted octanol–water partition coefficient (Wildman–Crippen LogP) is 0.960. The molecule has 0 fully saturated rings. The summed E-state index contributed by atoms with van der Waals surface area (Å²) in [6.45, 7) is 4.35. The number of carboxylic acid groups (broad SMARTS) is 1. The van der Waals surface area contributed by atoms with Crippen LogP contribution in [0.15, 0.2) is 24.3 Å². The molecule has 0 radical (unpaired) electrons. The molecular weight excluding hydrogens is 384 g/mol.